The molecule has 0 radical (unpaired) electrons. The van der Waals surface area contributed by atoms with Crippen LogP contribution in [0, 0.1) is 5.82 Å². The van der Waals surface area contributed by atoms with Crippen LogP contribution in [0.25, 0.3) is 0 Å². The molecule has 1 heterocycles. The van der Waals surface area contributed by atoms with E-state index in [9.17, 15) is 9.18 Å². The largest absolute Gasteiger partial charge is 0.337 e. The van der Waals surface area contributed by atoms with Gasteiger partial charge in [0.15, 0.2) is 0 Å². The molecule has 104 valence electrons. The number of carbonyl (C=O) groups is 1. The second-order valence-corrected chi connectivity index (χ2v) is 6.26. The molecule has 19 heavy (non-hydrogen) atoms. The molecule has 1 aliphatic rings. The maximum Gasteiger partial charge on any atom is 0.227 e. The molecule has 1 fully saturated rings. The topological polar surface area (TPSA) is 20.3 Å². The first-order valence-electron chi connectivity index (χ1n) is 6.74. The molecular formula is C15H19BrFNO. The lowest BCUT2D eigenvalue weighted by Gasteiger charge is -2.39. The number of amides is 1. The molecule has 4 heteroatoms. The molecule has 0 aromatic heterocycles. The molecule has 0 bridgehead atoms. The highest BCUT2D eigenvalue weighted by Crippen LogP contribution is 2.24. The normalized spacial score (nSPS) is 23.5. The van der Waals surface area contributed by atoms with E-state index in [1.54, 1.807) is 12.1 Å². The zero-order chi connectivity index (χ0) is 14.0. The molecule has 1 amide bonds. The highest BCUT2D eigenvalue weighted by atomic mass is 79.9. The van der Waals surface area contributed by atoms with Crippen LogP contribution in [0.3, 0.4) is 0 Å². The predicted octanol–water partition coefficient (Wildman–Crippen LogP) is 3.92. The molecule has 1 saturated heterocycles. The van der Waals surface area contributed by atoms with E-state index in [0.29, 0.717) is 5.56 Å². The number of carbonyl (C=O) groups excluding carboxylic acids is 1. The van der Waals surface area contributed by atoms with Gasteiger partial charge in [0.25, 0.3) is 0 Å². The van der Waals surface area contributed by atoms with Gasteiger partial charge in [0.1, 0.15) is 5.82 Å². The van der Waals surface area contributed by atoms with Crippen molar-refractivity contribution in [3.63, 3.8) is 0 Å². The Morgan fingerprint density at radius 3 is 2.63 bits per heavy atom. The van der Waals surface area contributed by atoms with Crippen molar-refractivity contribution < 1.29 is 9.18 Å². The first-order chi connectivity index (χ1) is 8.99. The summed E-state index contributed by atoms with van der Waals surface area (Å²) in [5.74, 6) is -0.287. The summed E-state index contributed by atoms with van der Waals surface area (Å²) in [6.07, 6.45) is 3.38. The third kappa shape index (κ3) is 3.35. The summed E-state index contributed by atoms with van der Waals surface area (Å²) in [4.78, 5) is 14.3. The number of rotatable bonds is 2. The van der Waals surface area contributed by atoms with Crippen LogP contribution in [0.2, 0.25) is 0 Å². The number of benzene rings is 1. The zero-order valence-electron chi connectivity index (χ0n) is 11.3. The minimum Gasteiger partial charge on any atom is -0.337 e. The number of nitrogens with zero attached hydrogens (tertiary/aromatic N) is 1. The number of hydrogen-bond donors (Lipinski definition) is 0. The van der Waals surface area contributed by atoms with Crippen molar-refractivity contribution >= 4 is 21.8 Å². The Balaban J connectivity index is 2.13. The summed E-state index contributed by atoms with van der Waals surface area (Å²) >= 11 is 3.31. The van der Waals surface area contributed by atoms with Crippen LogP contribution in [0.15, 0.2) is 22.7 Å². The fraction of sp³-hybridized carbons (Fsp3) is 0.533. The number of likely N-dealkylation sites (tertiary alicyclic amines) is 1. The van der Waals surface area contributed by atoms with Crippen LogP contribution >= 0.6 is 15.9 Å². The molecule has 0 N–H and O–H groups in total. The lowest BCUT2D eigenvalue weighted by Crippen LogP contribution is -2.48. The molecule has 0 saturated carbocycles. The Hall–Kier alpha value is -0.900. The molecule has 1 aromatic carbocycles. The fourth-order valence-electron chi connectivity index (χ4n) is 2.85. The van der Waals surface area contributed by atoms with Crippen LogP contribution in [0.1, 0.15) is 38.7 Å². The molecule has 2 nitrogen and oxygen atoms in total. The lowest BCUT2D eigenvalue weighted by atomic mass is 9.96. The van der Waals surface area contributed by atoms with Gasteiger partial charge >= 0.3 is 0 Å². The van der Waals surface area contributed by atoms with Gasteiger partial charge in [-0.1, -0.05) is 15.9 Å². The molecule has 2 unspecified atom stereocenters. The van der Waals surface area contributed by atoms with E-state index in [1.807, 2.05) is 4.90 Å². The average molecular weight is 328 g/mol. The lowest BCUT2D eigenvalue weighted by molar-refractivity contribution is -0.136. The Morgan fingerprint density at radius 1 is 1.37 bits per heavy atom. The highest BCUT2D eigenvalue weighted by Gasteiger charge is 2.29. The maximum atomic E-state index is 13.7. The van der Waals surface area contributed by atoms with Crippen molar-refractivity contribution in [2.45, 2.75) is 51.6 Å². The van der Waals surface area contributed by atoms with Crippen molar-refractivity contribution in [2.75, 3.05) is 0 Å². The fourth-order valence-corrected chi connectivity index (χ4v) is 3.25. The van der Waals surface area contributed by atoms with Crippen molar-refractivity contribution in [3.8, 4) is 0 Å². The third-order valence-corrected chi connectivity index (χ3v) is 4.32. The van der Waals surface area contributed by atoms with Gasteiger partial charge in [-0.3, -0.25) is 4.79 Å². The Kier molecular flexibility index (Phi) is 4.61. The highest BCUT2D eigenvalue weighted by molar-refractivity contribution is 9.10. The van der Waals surface area contributed by atoms with Crippen molar-refractivity contribution in [2.24, 2.45) is 0 Å². The summed E-state index contributed by atoms with van der Waals surface area (Å²) in [5, 5.41) is 0. The molecule has 2 atom stereocenters. The van der Waals surface area contributed by atoms with E-state index in [-0.39, 0.29) is 30.2 Å². The first-order valence-corrected chi connectivity index (χ1v) is 7.53. The van der Waals surface area contributed by atoms with Crippen LogP contribution in [-0.2, 0) is 11.2 Å². The van der Waals surface area contributed by atoms with Crippen molar-refractivity contribution in [3.05, 3.63) is 34.1 Å². The molecule has 1 aromatic rings. The smallest absolute Gasteiger partial charge is 0.227 e. The van der Waals surface area contributed by atoms with Crippen molar-refractivity contribution in [1.82, 2.24) is 4.90 Å². The quantitative estimate of drug-likeness (QED) is 0.806. The van der Waals surface area contributed by atoms with Crippen LogP contribution in [0.4, 0.5) is 4.39 Å². The average Bonchev–Trinajstić information content (AvgIpc) is 2.33. The molecule has 0 spiro atoms. The Labute approximate surface area is 122 Å². The monoisotopic (exact) mass is 327 g/mol. The van der Waals surface area contributed by atoms with Gasteiger partial charge in [-0.05, 0) is 56.9 Å². The minimum absolute atomic E-state index is 0.0247. The maximum absolute atomic E-state index is 13.7. The van der Waals surface area contributed by atoms with E-state index < -0.39 is 0 Å². The summed E-state index contributed by atoms with van der Waals surface area (Å²) in [7, 11) is 0. The predicted molar refractivity (Wildman–Crippen MR) is 77.4 cm³/mol. The standard InChI is InChI=1S/C15H19BrFNO/c1-10-4-3-5-11(2)18(10)15(19)9-12-8-13(16)6-7-14(12)17/h6-8,10-11H,3-5,9H2,1-2H3. The number of hydrogen-bond acceptors (Lipinski definition) is 1. The SMILES string of the molecule is CC1CCCC(C)N1C(=O)Cc1cc(Br)ccc1F. The van der Waals surface area contributed by atoms with E-state index in [0.717, 1.165) is 23.7 Å². The third-order valence-electron chi connectivity index (χ3n) is 3.83. The van der Waals surface area contributed by atoms with Gasteiger partial charge in [-0.2, -0.15) is 0 Å². The minimum atomic E-state index is -0.311. The second kappa shape index (κ2) is 6.04. The van der Waals surface area contributed by atoms with Gasteiger partial charge in [-0.25, -0.2) is 4.39 Å². The van der Waals surface area contributed by atoms with E-state index >= 15 is 0 Å². The summed E-state index contributed by atoms with van der Waals surface area (Å²) < 4.78 is 14.5. The van der Waals surface area contributed by atoms with Crippen LogP contribution < -0.4 is 0 Å². The van der Waals surface area contributed by atoms with Gasteiger partial charge in [0.05, 0.1) is 6.42 Å². The molecule has 1 aliphatic heterocycles. The summed E-state index contributed by atoms with van der Waals surface area (Å²) in [6.45, 7) is 4.15. The zero-order valence-corrected chi connectivity index (χ0v) is 12.9. The van der Waals surface area contributed by atoms with Crippen LogP contribution in [0.5, 0.6) is 0 Å². The summed E-state index contributed by atoms with van der Waals surface area (Å²) in [6, 6.07) is 5.25. The van der Waals surface area contributed by atoms with Gasteiger partial charge in [0, 0.05) is 16.6 Å². The molecule has 2 rings (SSSR count). The van der Waals surface area contributed by atoms with Gasteiger partial charge < -0.3 is 4.90 Å². The van der Waals surface area contributed by atoms with E-state index in [2.05, 4.69) is 29.8 Å². The van der Waals surface area contributed by atoms with Gasteiger partial charge in [0.2, 0.25) is 5.91 Å². The number of piperidine rings is 1. The van der Waals surface area contributed by atoms with Gasteiger partial charge in [-0.15, -0.1) is 0 Å². The number of halogens is 2. The van der Waals surface area contributed by atoms with Crippen LogP contribution in [-0.4, -0.2) is 22.9 Å². The van der Waals surface area contributed by atoms with Crippen molar-refractivity contribution in [1.29, 1.82) is 0 Å². The van der Waals surface area contributed by atoms with E-state index in [4.69, 9.17) is 0 Å². The Morgan fingerprint density at radius 2 is 2.00 bits per heavy atom. The second-order valence-electron chi connectivity index (χ2n) is 5.34. The summed E-state index contributed by atoms with van der Waals surface area (Å²) in [5.41, 5.74) is 0.462. The Bertz CT molecular complexity index is 467. The molecular weight excluding hydrogens is 309 g/mol. The molecule has 0 aliphatic carbocycles. The van der Waals surface area contributed by atoms with E-state index in [1.165, 1.54) is 6.07 Å². The first kappa shape index (κ1) is 14.5.